The van der Waals surface area contributed by atoms with E-state index in [2.05, 4.69) is 20.6 Å². The van der Waals surface area contributed by atoms with Crippen LogP contribution in [-0.2, 0) is 0 Å². The van der Waals surface area contributed by atoms with Crippen LogP contribution in [0.4, 0.5) is 25.0 Å². The van der Waals surface area contributed by atoms with Crippen LogP contribution in [0.5, 0.6) is 6.01 Å². The number of ether oxygens (including phenoxy) is 1. The number of anilines is 2. The van der Waals surface area contributed by atoms with Crippen LogP contribution in [0, 0.1) is 25.5 Å². The Bertz CT molecular complexity index is 714. The summed E-state index contributed by atoms with van der Waals surface area (Å²) in [6.45, 7) is 5.58. The van der Waals surface area contributed by atoms with Gasteiger partial charge in [0, 0.05) is 6.07 Å². The zero-order chi connectivity index (χ0) is 17.0. The minimum atomic E-state index is -0.738. The van der Waals surface area contributed by atoms with Crippen LogP contribution in [-0.4, -0.2) is 22.6 Å². The molecule has 2 amide bonds. The van der Waals surface area contributed by atoms with Crippen molar-refractivity contribution in [1.29, 1.82) is 0 Å². The molecule has 0 saturated heterocycles. The molecule has 0 bridgehead atoms. The lowest BCUT2D eigenvalue weighted by molar-refractivity contribution is 0.262. The predicted octanol–water partition coefficient (Wildman–Crippen LogP) is 3.41. The number of carbonyl (C=O) groups is 1. The second-order valence-electron chi connectivity index (χ2n) is 4.69. The smallest absolute Gasteiger partial charge is 0.323 e. The largest absolute Gasteiger partial charge is 0.464 e. The topological polar surface area (TPSA) is 76.1 Å². The van der Waals surface area contributed by atoms with Crippen molar-refractivity contribution in [3.05, 3.63) is 41.2 Å². The zero-order valence-corrected chi connectivity index (χ0v) is 12.9. The molecule has 122 valence electrons. The van der Waals surface area contributed by atoms with E-state index in [1.54, 1.807) is 20.8 Å². The third-order valence-electron chi connectivity index (χ3n) is 2.94. The van der Waals surface area contributed by atoms with Crippen LogP contribution in [0.25, 0.3) is 0 Å². The van der Waals surface area contributed by atoms with Crippen LogP contribution in [0.3, 0.4) is 0 Å². The zero-order valence-electron chi connectivity index (χ0n) is 12.9. The number of urea groups is 1. The van der Waals surface area contributed by atoms with Gasteiger partial charge in [0.2, 0.25) is 0 Å². The quantitative estimate of drug-likeness (QED) is 0.904. The Balaban J connectivity index is 2.15. The number of amides is 2. The van der Waals surface area contributed by atoms with Crippen LogP contribution < -0.4 is 15.4 Å². The second kappa shape index (κ2) is 6.99. The molecule has 6 nitrogen and oxygen atoms in total. The molecule has 8 heteroatoms. The molecule has 0 aliphatic rings. The van der Waals surface area contributed by atoms with Gasteiger partial charge in [-0.05, 0) is 32.9 Å². The summed E-state index contributed by atoms with van der Waals surface area (Å²) < 4.78 is 31.8. The Labute approximate surface area is 131 Å². The summed E-state index contributed by atoms with van der Waals surface area (Å²) in [4.78, 5) is 20.2. The third-order valence-corrected chi connectivity index (χ3v) is 2.94. The SMILES string of the molecule is CCOc1nc(C)c(NC(=O)Nc2cc(F)ccc2F)c(C)n1. The molecule has 1 heterocycles. The number of hydrogen-bond acceptors (Lipinski definition) is 4. The molecular weight excluding hydrogens is 306 g/mol. The summed E-state index contributed by atoms with van der Waals surface area (Å²) in [5.41, 5.74) is 1.11. The van der Waals surface area contributed by atoms with Gasteiger partial charge >= 0.3 is 12.0 Å². The van der Waals surface area contributed by atoms with Gasteiger partial charge in [-0.2, -0.15) is 9.97 Å². The van der Waals surface area contributed by atoms with Gasteiger partial charge in [-0.25, -0.2) is 13.6 Å². The number of hydrogen-bond donors (Lipinski definition) is 2. The molecule has 2 aromatic rings. The van der Waals surface area contributed by atoms with Crippen molar-refractivity contribution in [2.75, 3.05) is 17.2 Å². The normalized spacial score (nSPS) is 10.3. The van der Waals surface area contributed by atoms with Crippen molar-refractivity contribution in [3.63, 3.8) is 0 Å². The monoisotopic (exact) mass is 322 g/mol. The minimum absolute atomic E-state index is 0.213. The van der Waals surface area contributed by atoms with Crippen molar-refractivity contribution in [2.45, 2.75) is 20.8 Å². The standard InChI is InChI=1S/C15H16F2N4O2/c1-4-23-15-18-8(2)13(9(3)19-15)21-14(22)20-12-7-10(16)5-6-11(12)17/h5-7H,4H2,1-3H3,(H2,20,21,22). The van der Waals surface area contributed by atoms with Gasteiger partial charge in [-0.1, -0.05) is 0 Å². The molecule has 2 rings (SSSR count). The van der Waals surface area contributed by atoms with E-state index < -0.39 is 17.7 Å². The maximum absolute atomic E-state index is 13.5. The molecule has 0 fully saturated rings. The molecule has 0 atom stereocenters. The number of rotatable bonds is 4. The lowest BCUT2D eigenvalue weighted by Crippen LogP contribution is -2.22. The van der Waals surface area contributed by atoms with Crippen molar-refractivity contribution in [1.82, 2.24) is 9.97 Å². The molecule has 0 unspecified atom stereocenters. The number of aromatic nitrogens is 2. The predicted molar refractivity (Wildman–Crippen MR) is 81.7 cm³/mol. The first-order valence-electron chi connectivity index (χ1n) is 6.91. The molecule has 0 spiro atoms. The Kier molecular flexibility index (Phi) is 5.05. The number of benzene rings is 1. The molecule has 1 aromatic heterocycles. The Morgan fingerprint density at radius 2 is 1.83 bits per heavy atom. The molecule has 0 saturated carbocycles. The highest BCUT2D eigenvalue weighted by Crippen LogP contribution is 2.21. The number of nitrogens with one attached hydrogen (secondary N) is 2. The van der Waals surface area contributed by atoms with Crippen LogP contribution in [0.1, 0.15) is 18.3 Å². The average molecular weight is 322 g/mol. The Morgan fingerprint density at radius 1 is 1.17 bits per heavy atom. The average Bonchev–Trinajstić information content (AvgIpc) is 2.47. The highest BCUT2D eigenvalue weighted by atomic mass is 19.1. The van der Waals surface area contributed by atoms with E-state index in [9.17, 15) is 13.6 Å². The molecule has 2 N–H and O–H groups in total. The van der Waals surface area contributed by atoms with E-state index in [1.807, 2.05) is 0 Å². The maximum atomic E-state index is 13.5. The van der Waals surface area contributed by atoms with E-state index >= 15 is 0 Å². The van der Waals surface area contributed by atoms with E-state index in [4.69, 9.17) is 4.74 Å². The molecule has 1 aromatic carbocycles. The van der Waals surface area contributed by atoms with Gasteiger partial charge in [-0.3, -0.25) is 0 Å². The first-order chi connectivity index (χ1) is 10.9. The number of nitrogens with zero attached hydrogens (tertiary/aromatic N) is 2. The fourth-order valence-corrected chi connectivity index (χ4v) is 1.92. The maximum Gasteiger partial charge on any atom is 0.323 e. The van der Waals surface area contributed by atoms with Crippen molar-refractivity contribution >= 4 is 17.4 Å². The Morgan fingerprint density at radius 3 is 2.43 bits per heavy atom. The lowest BCUT2D eigenvalue weighted by atomic mass is 10.3. The van der Waals surface area contributed by atoms with Crippen molar-refractivity contribution in [3.8, 4) is 6.01 Å². The minimum Gasteiger partial charge on any atom is -0.464 e. The Hall–Kier alpha value is -2.77. The summed E-state index contributed by atoms with van der Waals surface area (Å²) in [5.74, 6) is -1.39. The van der Waals surface area contributed by atoms with E-state index in [-0.39, 0.29) is 11.7 Å². The molecular formula is C15H16F2N4O2. The van der Waals surface area contributed by atoms with Gasteiger partial charge in [0.15, 0.2) is 0 Å². The van der Waals surface area contributed by atoms with Gasteiger partial charge in [0.05, 0.1) is 29.4 Å². The number of aryl methyl sites for hydroxylation is 2. The summed E-state index contributed by atoms with van der Waals surface area (Å²) >= 11 is 0. The van der Waals surface area contributed by atoms with E-state index in [0.29, 0.717) is 23.7 Å². The molecule has 0 aliphatic carbocycles. The summed E-state index contributed by atoms with van der Waals surface area (Å²) in [6, 6.07) is 2.27. The van der Waals surface area contributed by atoms with Gasteiger partial charge in [-0.15, -0.1) is 0 Å². The number of carbonyl (C=O) groups excluding carboxylic acids is 1. The van der Waals surface area contributed by atoms with Crippen LogP contribution in [0.2, 0.25) is 0 Å². The van der Waals surface area contributed by atoms with E-state index in [1.165, 1.54) is 0 Å². The summed E-state index contributed by atoms with van der Waals surface area (Å²) in [6.07, 6.45) is 0. The molecule has 23 heavy (non-hydrogen) atoms. The first-order valence-corrected chi connectivity index (χ1v) is 6.91. The van der Waals surface area contributed by atoms with E-state index in [0.717, 1.165) is 18.2 Å². The highest BCUT2D eigenvalue weighted by Gasteiger charge is 2.14. The van der Waals surface area contributed by atoms with Crippen molar-refractivity contribution in [2.24, 2.45) is 0 Å². The second-order valence-corrected chi connectivity index (χ2v) is 4.69. The van der Waals surface area contributed by atoms with Crippen LogP contribution in [0.15, 0.2) is 18.2 Å². The fourth-order valence-electron chi connectivity index (χ4n) is 1.92. The van der Waals surface area contributed by atoms with Crippen LogP contribution >= 0.6 is 0 Å². The van der Waals surface area contributed by atoms with Gasteiger partial charge in [0.1, 0.15) is 11.6 Å². The molecule has 0 radical (unpaired) electrons. The first kappa shape index (κ1) is 16.6. The molecule has 0 aliphatic heterocycles. The lowest BCUT2D eigenvalue weighted by Gasteiger charge is -2.13. The third kappa shape index (κ3) is 4.12. The van der Waals surface area contributed by atoms with Crippen molar-refractivity contribution < 1.29 is 18.3 Å². The van der Waals surface area contributed by atoms with Gasteiger partial charge in [0.25, 0.3) is 0 Å². The summed E-state index contributed by atoms with van der Waals surface area (Å²) in [5, 5.41) is 4.77. The number of halogens is 2. The fraction of sp³-hybridized carbons (Fsp3) is 0.267. The highest BCUT2D eigenvalue weighted by molar-refractivity contribution is 6.00. The van der Waals surface area contributed by atoms with Gasteiger partial charge < -0.3 is 15.4 Å². The summed E-state index contributed by atoms with van der Waals surface area (Å²) in [7, 11) is 0.